The summed E-state index contributed by atoms with van der Waals surface area (Å²) in [6, 6.07) is 14.0. The van der Waals surface area contributed by atoms with Gasteiger partial charge in [-0.15, -0.1) is 0 Å². The first kappa shape index (κ1) is 20.4. The molecule has 6 heteroatoms. The van der Waals surface area contributed by atoms with Gasteiger partial charge in [0, 0.05) is 32.2 Å². The highest BCUT2D eigenvalue weighted by molar-refractivity contribution is 5.94. The van der Waals surface area contributed by atoms with Gasteiger partial charge in [0.1, 0.15) is 5.82 Å². The predicted molar refractivity (Wildman–Crippen MR) is 107 cm³/mol. The number of nitrogens with zero attached hydrogens (tertiary/aromatic N) is 2. The van der Waals surface area contributed by atoms with E-state index in [0.29, 0.717) is 25.2 Å². The average Bonchev–Trinajstić information content (AvgIpc) is 2.65. The van der Waals surface area contributed by atoms with Gasteiger partial charge in [0.05, 0.1) is 6.54 Å². The van der Waals surface area contributed by atoms with Crippen LogP contribution in [0.5, 0.6) is 0 Å². The van der Waals surface area contributed by atoms with Crippen LogP contribution in [0.15, 0.2) is 53.5 Å². The van der Waals surface area contributed by atoms with Crippen molar-refractivity contribution in [3.05, 3.63) is 71.0 Å². The van der Waals surface area contributed by atoms with Gasteiger partial charge in [-0.05, 0) is 49.2 Å². The maximum atomic E-state index is 13.4. The lowest BCUT2D eigenvalue weighted by atomic mass is 10.1. The van der Waals surface area contributed by atoms with Crippen LogP contribution < -0.4 is 10.6 Å². The van der Waals surface area contributed by atoms with E-state index in [-0.39, 0.29) is 11.7 Å². The van der Waals surface area contributed by atoms with Crippen LogP contribution in [-0.2, 0) is 13.1 Å². The number of amides is 1. The third kappa shape index (κ3) is 6.40. The number of halogens is 1. The summed E-state index contributed by atoms with van der Waals surface area (Å²) in [6.07, 6.45) is 0. The molecule has 0 saturated heterocycles. The van der Waals surface area contributed by atoms with Crippen molar-refractivity contribution in [3.8, 4) is 0 Å². The topological polar surface area (TPSA) is 56.7 Å². The molecule has 144 valence electrons. The molecular weight excluding hydrogens is 343 g/mol. The molecule has 0 saturated carbocycles. The first-order chi connectivity index (χ1) is 13.0. The fourth-order valence-corrected chi connectivity index (χ4v) is 2.64. The van der Waals surface area contributed by atoms with E-state index in [0.717, 1.165) is 23.6 Å². The second kappa shape index (κ2) is 10.3. The van der Waals surface area contributed by atoms with Gasteiger partial charge in [-0.3, -0.25) is 4.79 Å². The van der Waals surface area contributed by atoms with E-state index >= 15 is 0 Å². The van der Waals surface area contributed by atoms with E-state index in [4.69, 9.17) is 0 Å². The standard InChI is InChI=1S/C21H27FN4O/c1-4-23-20(27)18-11-9-16(10-12-18)14-25-21(24-5-2)26(3)15-17-7-6-8-19(22)13-17/h6-13H,4-5,14-15H2,1-3H3,(H,23,27)(H,24,25). The fourth-order valence-electron chi connectivity index (χ4n) is 2.64. The zero-order valence-corrected chi connectivity index (χ0v) is 16.1. The lowest BCUT2D eigenvalue weighted by Gasteiger charge is -2.22. The van der Waals surface area contributed by atoms with E-state index in [9.17, 15) is 9.18 Å². The highest BCUT2D eigenvalue weighted by Crippen LogP contribution is 2.09. The van der Waals surface area contributed by atoms with Gasteiger partial charge in [-0.1, -0.05) is 24.3 Å². The molecule has 0 aliphatic rings. The minimum Gasteiger partial charge on any atom is -0.357 e. The summed E-state index contributed by atoms with van der Waals surface area (Å²) in [5.41, 5.74) is 2.53. The maximum Gasteiger partial charge on any atom is 0.251 e. The Morgan fingerprint density at radius 1 is 1.04 bits per heavy atom. The van der Waals surface area contributed by atoms with Crippen molar-refractivity contribution in [1.82, 2.24) is 15.5 Å². The smallest absolute Gasteiger partial charge is 0.251 e. The number of nitrogens with one attached hydrogen (secondary N) is 2. The molecular formula is C21H27FN4O. The molecule has 0 fully saturated rings. The Bertz CT molecular complexity index is 774. The summed E-state index contributed by atoms with van der Waals surface area (Å²) < 4.78 is 13.4. The molecule has 0 aromatic heterocycles. The van der Waals surface area contributed by atoms with Gasteiger partial charge < -0.3 is 15.5 Å². The monoisotopic (exact) mass is 370 g/mol. The largest absolute Gasteiger partial charge is 0.357 e. The lowest BCUT2D eigenvalue weighted by Crippen LogP contribution is -2.38. The van der Waals surface area contributed by atoms with Crippen molar-refractivity contribution < 1.29 is 9.18 Å². The molecule has 1 amide bonds. The van der Waals surface area contributed by atoms with Crippen LogP contribution >= 0.6 is 0 Å². The maximum absolute atomic E-state index is 13.4. The highest BCUT2D eigenvalue weighted by atomic mass is 19.1. The van der Waals surface area contributed by atoms with Crippen LogP contribution in [0.4, 0.5) is 4.39 Å². The van der Waals surface area contributed by atoms with Gasteiger partial charge in [-0.25, -0.2) is 9.38 Å². The van der Waals surface area contributed by atoms with Crippen LogP contribution in [0.2, 0.25) is 0 Å². The van der Waals surface area contributed by atoms with Crippen LogP contribution in [0.25, 0.3) is 0 Å². The van der Waals surface area contributed by atoms with Crippen LogP contribution in [0.1, 0.15) is 35.3 Å². The number of carbonyl (C=O) groups excluding carboxylic acids is 1. The minimum atomic E-state index is -0.241. The number of guanidine groups is 1. The summed E-state index contributed by atoms with van der Waals surface area (Å²) >= 11 is 0. The molecule has 0 unspecified atom stereocenters. The Kier molecular flexibility index (Phi) is 7.79. The summed E-state index contributed by atoms with van der Waals surface area (Å²) in [6.45, 7) is 6.29. The Labute approximate surface area is 160 Å². The van der Waals surface area contributed by atoms with Crippen LogP contribution in [0, 0.1) is 5.82 Å². The normalized spacial score (nSPS) is 11.2. The Morgan fingerprint density at radius 3 is 2.37 bits per heavy atom. The number of aliphatic imine (C=N–C) groups is 1. The molecule has 0 radical (unpaired) electrons. The molecule has 2 N–H and O–H groups in total. The molecule has 0 bridgehead atoms. The molecule has 5 nitrogen and oxygen atoms in total. The SMILES string of the molecule is CCNC(=O)c1ccc(CN=C(NCC)N(C)Cc2cccc(F)c2)cc1. The molecule has 0 aliphatic carbocycles. The summed E-state index contributed by atoms with van der Waals surface area (Å²) in [7, 11) is 1.92. The molecule has 0 spiro atoms. The van der Waals surface area contributed by atoms with Crippen LogP contribution in [-0.4, -0.2) is 36.9 Å². The average molecular weight is 370 g/mol. The van der Waals surface area contributed by atoms with Crippen molar-refractivity contribution >= 4 is 11.9 Å². The second-order valence-corrected chi connectivity index (χ2v) is 6.21. The summed E-state index contributed by atoms with van der Waals surface area (Å²) in [5.74, 6) is 0.431. The Balaban J connectivity index is 2.04. The molecule has 27 heavy (non-hydrogen) atoms. The molecule has 2 aromatic carbocycles. The molecule has 2 rings (SSSR count). The van der Waals surface area contributed by atoms with Gasteiger partial charge in [0.2, 0.25) is 0 Å². The van der Waals surface area contributed by atoms with Gasteiger partial charge in [-0.2, -0.15) is 0 Å². The number of hydrogen-bond donors (Lipinski definition) is 2. The van der Waals surface area contributed by atoms with Crippen molar-refractivity contribution in [2.45, 2.75) is 26.9 Å². The fraction of sp³-hybridized carbons (Fsp3) is 0.333. The Hall–Kier alpha value is -2.89. The van der Waals surface area contributed by atoms with E-state index in [1.54, 1.807) is 18.2 Å². The molecule has 0 aliphatic heterocycles. The number of benzene rings is 2. The van der Waals surface area contributed by atoms with E-state index in [1.165, 1.54) is 12.1 Å². The summed E-state index contributed by atoms with van der Waals surface area (Å²) in [4.78, 5) is 18.4. The van der Waals surface area contributed by atoms with E-state index in [2.05, 4.69) is 15.6 Å². The molecule has 2 aromatic rings. The molecule has 0 atom stereocenters. The number of rotatable bonds is 7. The van der Waals surface area contributed by atoms with Gasteiger partial charge in [0.15, 0.2) is 5.96 Å². The lowest BCUT2D eigenvalue weighted by molar-refractivity contribution is 0.0956. The van der Waals surface area contributed by atoms with Crippen molar-refractivity contribution in [2.75, 3.05) is 20.1 Å². The third-order valence-electron chi connectivity index (χ3n) is 3.97. The van der Waals surface area contributed by atoms with E-state index < -0.39 is 0 Å². The van der Waals surface area contributed by atoms with Gasteiger partial charge in [0.25, 0.3) is 5.91 Å². The second-order valence-electron chi connectivity index (χ2n) is 6.21. The number of carbonyl (C=O) groups is 1. The molecule has 0 heterocycles. The quantitative estimate of drug-likeness (QED) is 0.581. The van der Waals surface area contributed by atoms with Crippen LogP contribution in [0.3, 0.4) is 0 Å². The van der Waals surface area contributed by atoms with Crippen molar-refractivity contribution in [3.63, 3.8) is 0 Å². The highest BCUT2D eigenvalue weighted by Gasteiger charge is 2.08. The first-order valence-corrected chi connectivity index (χ1v) is 9.14. The predicted octanol–water partition coefficient (Wildman–Crippen LogP) is 3.17. The van der Waals surface area contributed by atoms with Crippen molar-refractivity contribution in [2.24, 2.45) is 4.99 Å². The van der Waals surface area contributed by atoms with E-state index in [1.807, 2.05) is 44.0 Å². The number of hydrogen-bond acceptors (Lipinski definition) is 2. The zero-order valence-electron chi connectivity index (χ0n) is 16.1. The third-order valence-corrected chi connectivity index (χ3v) is 3.97. The first-order valence-electron chi connectivity index (χ1n) is 9.14. The zero-order chi connectivity index (χ0) is 19.6. The van der Waals surface area contributed by atoms with Crippen molar-refractivity contribution in [1.29, 1.82) is 0 Å². The minimum absolute atomic E-state index is 0.0734. The summed E-state index contributed by atoms with van der Waals surface area (Å²) in [5, 5.41) is 6.03. The van der Waals surface area contributed by atoms with Gasteiger partial charge >= 0.3 is 0 Å². The Morgan fingerprint density at radius 2 is 1.74 bits per heavy atom.